The molecule has 2 amide bonds. The molecule has 0 saturated carbocycles. The molecule has 1 saturated heterocycles. The monoisotopic (exact) mass is 451 g/mol. The van der Waals surface area contributed by atoms with E-state index in [1.807, 2.05) is 24.3 Å². The molecule has 3 N–H and O–H groups in total. The van der Waals surface area contributed by atoms with Crippen LogP contribution in [0.25, 0.3) is 11.0 Å². The Labute approximate surface area is 193 Å². The van der Waals surface area contributed by atoms with Gasteiger partial charge in [0.05, 0.1) is 14.1 Å². The molecule has 2 aromatic carbocycles. The van der Waals surface area contributed by atoms with Gasteiger partial charge in [-0.15, -0.1) is 0 Å². The minimum absolute atomic E-state index is 0.324. The Morgan fingerprint density at radius 1 is 1.03 bits per heavy atom. The first-order chi connectivity index (χ1) is 15.7. The van der Waals surface area contributed by atoms with Crippen molar-refractivity contribution >= 4 is 34.2 Å². The molecule has 2 heterocycles. The van der Waals surface area contributed by atoms with Crippen LogP contribution in [-0.4, -0.2) is 74.3 Å². The smallest absolute Gasteiger partial charge is 0.350 e. The Kier molecular flexibility index (Phi) is 6.14. The molecule has 1 fully saturated rings. The van der Waals surface area contributed by atoms with Crippen LogP contribution < -0.4 is 15.5 Å². The van der Waals surface area contributed by atoms with Crippen molar-refractivity contribution < 1.29 is 23.6 Å². The van der Waals surface area contributed by atoms with Gasteiger partial charge >= 0.3 is 5.91 Å². The molecule has 8 nitrogen and oxygen atoms in total. The van der Waals surface area contributed by atoms with E-state index in [0.29, 0.717) is 22.3 Å². The SMILES string of the molecule is Cc1oc2ccc(N3CCN(c4ccccc4)CC3)cc2c1C(=O)[N+](C)(C)C(CO)C(N)=O. The second-order valence-electron chi connectivity index (χ2n) is 8.97. The van der Waals surface area contributed by atoms with Crippen molar-refractivity contribution in [2.45, 2.75) is 13.0 Å². The molecule has 1 unspecified atom stereocenters. The molecule has 3 aromatic rings. The third kappa shape index (κ3) is 4.19. The Morgan fingerprint density at radius 2 is 1.64 bits per heavy atom. The first kappa shape index (κ1) is 22.8. The number of nitrogens with zero attached hydrogens (tertiary/aromatic N) is 3. The number of aliphatic hydroxyl groups excluding tert-OH is 1. The van der Waals surface area contributed by atoms with Gasteiger partial charge in [0.15, 0.2) is 6.04 Å². The van der Waals surface area contributed by atoms with Gasteiger partial charge in [-0.2, -0.15) is 0 Å². The number of carbonyl (C=O) groups is 2. The number of aliphatic hydroxyl groups is 1. The summed E-state index contributed by atoms with van der Waals surface area (Å²) in [5, 5.41) is 10.4. The summed E-state index contributed by atoms with van der Waals surface area (Å²) in [4.78, 5) is 30.0. The summed E-state index contributed by atoms with van der Waals surface area (Å²) in [5.41, 5.74) is 8.72. The number of furan rings is 1. The molecule has 174 valence electrons. The Bertz CT molecular complexity index is 1160. The highest BCUT2D eigenvalue weighted by molar-refractivity contribution is 6.05. The maximum atomic E-state index is 13.5. The number of fused-ring (bicyclic) bond motifs is 1. The van der Waals surface area contributed by atoms with E-state index in [1.54, 1.807) is 21.0 Å². The van der Waals surface area contributed by atoms with Crippen LogP contribution in [0.4, 0.5) is 11.4 Å². The topological polar surface area (TPSA) is 100 Å². The number of quaternary nitrogens is 1. The molecule has 1 aromatic heterocycles. The predicted molar refractivity (Wildman–Crippen MR) is 128 cm³/mol. The van der Waals surface area contributed by atoms with Crippen LogP contribution in [0.3, 0.4) is 0 Å². The number of aryl methyl sites for hydroxylation is 1. The van der Waals surface area contributed by atoms with Crippen molar-refractivity contribution in [2.24, 2.45) is 5.73 Å². The van der Waals surface area contributed by atoms with Crippen molar-refractivity contribution in [3.8, 4) is 0 Å². The summed E-state index contributed by atoms with van der Waals surface area (Å²) in [5.74, 6) is -0.568. The normalized spacial score (nSPS) is 15.6. The minimum Gasteiger partial charge on any atom is -0.460 e. The molecule has 0 bridgehead atoms. The van der Waals surface area contributed by atoms with Crippen LogP contribution in [-0.2, 0) is 4.79 Å². The number of likely N-dealkylation sites (N-methyl/N-ethyl adjacent to an activating group) is 1. The van der Waals surface area contributed by atoms with Crippen molar-refractivity contribution in [1.29, 1.82) is 0 Å². The lowest BCUT2D eigenvalue weighted by Gasteiger charge is -2.37. The summed E-state index contributed by atoms with van der Waals surface area (Å²) in [6.45, 7) is 4.74. The molecular weight excluding hydrogens is 420 g/mol. The highest BCUT2D eigenvalue weighted by atomic mass is 16.3. The third-order valence-corrected chi connectivity index (χ3v) is 6.63. The van der Waals surface area contributed by atoms with E-state index >= 15 is 0 Å². The molecule has 1 atom stereocenters. The number of amides is 2. The van der Waals surface area contributed by atoms with E-state index in [2.05, 4.69) is 34.1 Å². The van der Waals surface area contributed by atoms with E-state index in [0.717, 1.165) is 31.9 Å². The average Bonchev–Trinajstić information content (AvgIpc) is 3.14. The van der Waals surface area contributed by atoms with Crippen LogP contribution in [0.1, 0.15) is 16.1 Å². The first-order valence-electron chi connectivity index (χ1n) is 11.1. The van der Waals surface area contributed by atoms with E-state index in [9.17, 15) is 14.7 Å². The van der Waals surface area contributed by atoms with Crippen LogP contribution in [0.15, 0.2) is 52.9 Å². The van der Waals surface area contributed by atoms with Gasteiger partial charge in [-0.3, -0.25) is 4.79 Å². The van der Waals surface area contributed by atoms with Gasteiger partial charge < -0.3 is 25.1 Å². The van der Waals surface area contributed by atoms with Crippen molar-refractivity contribution in [3.63, 3.8) is 0 Å². The summed E-state index contributed by atoms with van der Waals surface area (Å²) in [7, 11) is 3.16. The van der Waals surface area contributed by atoms with E-state index in [4.69, 9.17) is 10.2 Å². The molecule has 0 radical (unpaired) electrons. The lowest BCUT2D eigenvalue weighted by atomic mass is 10.1. The largest absolute Gasteiger partial charge is 0.460 e. The fourth-order valence-corrected chi connectivity index (χ4v) is 4.57. The third-order valence-electron chi connectivity index (χ3n) is 6.63. The maximum Gasteiger partial charge on any atom is 0.350 e. The van der Waals surface area contributed by atoms with Gasteiger partial charge in [-0.1, -0.05) is 18.2 Å². The second kappa shape index (κ2) is 8.88. The van der Waals surface area contributed by atoms with E-state index in [1.165, 1.54) is 5.69 Å². The summed E-state index contributed by atoms with van der Waals surface area (Å²) in [6, 6.07) is 15.2. The zero-order valence-electron chi connectivity index (χ0n) is 19.3. The number of nitrogens with two attached hydrogens (primary N) is 1. The molecule has 1 aliphatic rings. The fourth-order valence-electron chi connectivity index (χ4n) is 4.57. The van der Waals surface area contributed by atoms with Gasteiger partial charge in [0.2, 0.25) is 0 Å². The van der Waals surface area contributed by atoms with Crippen LogP contribution >= 0.6 is 0 Å². The molecule has 4 rings (SSSR count). The van der Waals surface area contributed by atoms with Crippen LogP contribution in [0.5, 0.6) is 0 Å². The number of anilines is 2. The average molecular weight is 452 g/mol. The van der Waals surface area contributed by atoms with E-state index < -0.39 is 18.6 Å². The van der Waals surface area contributed by atoms with Crippen LogP contribution in [0, 0.1) is 6.92 Å². The summed E-state index contributed by atoms with van der Waals surface area (Å²) >= 11 is 0. The highest BCUT2D eigenvalue weighted by Crippen LogP contribution is 2.32. The quantitative estimate of drug-likeness (QED) is 0.557. The Hall–Kier alpha value is -3.36. The lowest BCUT2D eigenvalue weighted by Crippen LogP contribution is -2.60. The summed E-state index contributed by atoms with van der Waals surface area (Å²) < 4.78 is 5.48. The summed E-state index contributed by atoms with van der Waals surface area (Å²) in [6.07, 6.45) is 0. The second-order valence-corrected chi connectivity index (χ2v) is 8.97. The molecule has 1 aliphatic heterocycles. The van der Waals surface area contributed by atoms with Gasteiger partial charge in [-0.05, 0) is 37.3 Å². The molecular formula is C25H31N4O4+. The molecule has 33 heavy (non-hydrogen) atoms. The number of piperazine rings is 1. The predicted octanol–water partition coefficient (Wildman–Crippen LogP) is 2.13. The highest BCUT2D eigenvalue weighted by Gasteiger charge is 2.42. The van der Waals surface area contributed by atoms with Gasteiger partial charge in [0, 0.05) is 42.9 Å². The maximum absolute atomic E-state index is 13.5. The van der Waals surface area contributed by atoms with Crippen molar-refractivity contribution in [1.82, 2.24) is 0 Å². The molecule has 0 aliphatic carbocycles. The number of carbonyl (C=O) groups excluding carboxylic acids is 2. The Morgan fingerprint density at radius 3 is 2.21 bits per heavy atom. The first-order valence-corrected chi connectivity index (χ1v) is 11.1. The number of hydrogen-bond acceptors (Lipinski definition) is 6. The number of primary amides is 1. The van der Waals surface area contributed by atoms with Gasteiger partial charge in [0.1, 0.15) is 23.5 Å². The van der Waals surface area contributed by atoms with Crippen LogP contribution in [0.2, 0.25) is 0 Å². The van der Waals surface area contributed by atoms with Gasteiger partial charge in [-0.25, -0.2) is 9.28 Å². The molecule has 0 spiro atoms. The number of hydrogen-bond donors (Lipinski definition) is 2. The minimum atomic E-state index is -1.05. The zero-order chi connectivity index (χ0) is 23.8. The number of rotatable bonds is 6. The van der Waals surface area contributed by atoms with Gasteiger partial charge in [0.25, 0.3) is 5.91 Å². The Balaban J connectivity index is 1.62. The van der Waals surface area contributed by atoms with Crippen molar-refractivity contribution in [2.75, 3.05) is 56.7 Å². The van der Waals surface area contributed by atoms with Crippen molar-refractivity contribution in [3.05, 3.63) is 59.9 Å². The number of para-hydroxylation sites is 1. The standard InChI is InChI=1S/C25H30N4O4/c1-17-23(25(32)29(2,3)21(16-30)24(26)31)20-15-19(9-10-22(20)33-17)28-13-11-27(12-14-28)18-7-5-4-6-8-18/h4-10,15,21,30H,11-14,16H2,1-3H3,(H-,26,31)/p+1. The fraction of sp³-hybridized carbons (Fsp3) is 0.360. The zero-order valence-corrected chi connectivity index (χ0v) is 19.3. The number of benzene rings is 2. The lowest BCUT2D eigenvalue weighted by molar-refractivity contribution is -0.825. The van der Waals surface area contributed by atoms with E-state index in [-0.39, 0.29) is 10.4 Å². The molecule has 8 heteroatoms.